The molecule has 4 rings (SSSR count). The van der Waals surface area contributed by atoms with Gasteiger partial charge in [0.05, 0.1) is 5.56 Å². The lowest BCUT2D eigenvalue weighted by Gasteiger charge is -2.29. The van der Waals surface area contributed by atoms with Crippen molar-refractivity contribution in [1.29, 1.82) is 0 Å². The Labute approximate surface area is 184 Å². The molecule has 0 spiro atoms. The minimum Gasteiger partial charge on any atom is -0.457 e. The molecule has 32 heavy (non-hydrogen) atoms. The van der Waals surface area contributed by atoms with Gasteiger partial charge in [-0.25, -0.2) is 14.4 Å². The monoisotopic (exact) mass is 432 g/mol. The van der Waals surface area contributed by atoms with E-state index >= 15 is 0 Å². The summed E-state index contributed by atoms with van der Waals surface area (Å²) in [5, 5.41) is 0. The maximum absolute atomic E-state index is 12.3. The van der Waals surface area contributed by atoms with Crippen LogP contribution in [-0.4, -0.2) is 23.7 Å². The number of carbonyl (C=O) groups excluding carboxylic acids is 3. The first-order valence-electron chi connectivity index (χ1n) is 9.90. The topological polar surface area (TPSA) is 92.0 Å². The predicted octanol–water partition coefficient (Wildman–Crippen LogP) is 4.52. The maximum atomic E-state index is 12.3. The number of ether oxygens (including phenoxy) is 3. The lowest BCUT2D eigenvalue weighted by Crippen LogP contribution is -2.41. The fourth-order valence-electron chi connectivity index (χ4n) is 3.08. The molecule has 1 aliphatic heterocycles. The van der Waals surface area contributed by atoms with Crippen LogP contribution in [0.3, 0.4) is 0 Å². The number of hydrogen-bond acceptors (Lipinski definition) is 7. The molecule has 0 bridgehead atoms. The van der Waals surface area contributed by atoms with Gasteiger partial charge in [0.15, 0.2) is 0 Å². The number of benzene rings is 2. The molecule has 0 aliphatic carbocycles. The molecule has 0 saturated carbocycles. The van der Waals surface area contributed by atoms with E-state index in [0.29, 0.717) is 16.9 Å². The van der Waals surface area contributed by atoms with E-state index in [1.54, 1.807) is 36.4 Å². The molecule has 7 heteroatoms. The van der Waals surface area contributed by atoms with Gasteiger partial charge >= 0.3 is 17.9 Å². The third-order valence-corrected chi connectivity index (χ3v) is 4.65. The van der Waals surface area contributed by atoms with Crippen LogP contribution in [0, 0.1) is 0 Å². The zero-order chi connectivity index (χ0) is 22.7. The van der Waals surface area contributed by atoms with Crippen LogP contribution in [0.4, 0.5) is 0 Å². The molecule has 0 N–H and O–H groups in total. The van der Waals surface area contributed by atoms with Crippen LogP contribution >= 0.6 is 0 Å². The number of furan rings is 1. The molecule has 162 valence electrons. The molecule has 0 radical (unpaired) electrons. The summed E-state index contributed by atoms with van der Waals surface area (Å²) in [5.74, 6) is -2.49. The molecule has 1 fully saturated rings. The lowest BCUT2D eigenvalue weighted by atomic mass is 10.1. The summed E-state index contributed by atoms with van der Waals surface area (Å²) in [6.07, 6.45) is 1.28. The van der Waals surface area contributed by atoms with Gasteiger partial charge in [-0.3, -0.25) is 0 Å². The molecule has 0 amide bonds. The average Bonchev–Trinajstić information content (AvgIpc) is 3.23. The van der Waals surface area contributed by atoms with E-state index in [1.165, 1.54) is 19.9 Å². The van der Waals surface area contributed by atoms with E-state index in [0.717, 1.165) is 5.56 Å². The Balaban J connectivity index is 1.44. The van der Waals surface area contributed by atoms with Crippen LogP contribution in [0.15, 0.2) is 76.7 Å². The molecule has 0 unspecified atom stereocenters. The average molecular weight is 432 g/mol. The zero-order valence-corrected chi connectivity index (χ0v) is 17.5. The van der Waals surface area contributed by atoms with Crippen LogP contribution < -0.4 is 0 Å². The molecular weight excluding hydrogens is 412 g/mol. The molecule has 1 saturated heterocycles. The van der Waals surface area contributed by atoms with Gasteiger partial charge in [0.25, 0.3) is 5.79 Å². The smallest absolute Gasteiger partial charge is 0.348 e. The fourth-order valence-corrected chi connectivity index (χ4v) is 3.08. The predicted molar refractivity (Wildman–Crippen MR) is 114 cm³/mol. The Bertz CT molecular complexity index is 1160. The summed E-state index contributed by atoms with van der Waals surface area (Å²) in [4.78, 5) is 36.4. The fraction of sp³-hybridized carbons (Fsp3) is 0.160. The molecule has 1 aromatic heterocycles. The maximum Gasteiger partial charge on any atom is 0.348 e. The van der Waals surface area contributed by atoms with Crippen LogP contribution in [0.1, 0.15) is 35.5 Å². The highest BCUT2D eigenvalue weighted by atomic mass is 16.7. The van der Waals surface area contributed by atoms with Crippen molar-refractivity contribution in [1.82, 2.24) is 0 Å². The number of carbonyl (C=O) groups is 3. The van der Waals surface area contributed by atoms with E-state index in [-0.39, 0.29) is 17.9 Å². The van der Waals surface area contributed by atoms with Crippen molar-refractivity contribution in [3.05, 3.63) is 89.2 Å². The summed E-state index contributed by atoms with van der Waals surface area (Å²) in [7, 11) is 0. The van der Waals surface area contributed by atoms with Gasteiger partial charge in [-0.2, -0.15) is 0 Å². The Morgan fingerprint density at radius 3 is 2.22 bits per heavy atom. The minimum absolute atomic E-state index is 0.194. The van der Waals surface area contributed by atoms with Crippen LogP contribution in [0.5, 0.6) is 0 Å². The Kier molecular flexibility index (Phi) is 5.64. The summed E-state index contributed by atoms with van der Waals surface area (Å²) < 4.78 is 21.2. The van der Waals surface area contributed by atoms with Crippen molar-refractivity contribution in [2.75, 3.05) is 0 Å². The highest BCUT2D eigenvalue weighted by molar-refractivity contribution is 6.18. The standard InChI is InChI=1S/C25H20O7/c1-25(2)31-23(27)20(24(28)32-25)14-19-12-13-21(30-19)17-8-10-18(11-9-17)22(26)29-15-16-6-4-3-5-7-16/h3-14H,15H2,1-2H3. The first kappa shape index (κ1) is 21.1. The molecule has 7 nitrogen and oxygen atoms in total. The van der Waals surface area contributed by atoms with Gasteiger partial charge in [0.1, 0.15) is 23.7 Å². The first-order chi connectivity index (χ1) is 15.3. The van der Waals surface area contributed by atoms with E-state index in [2.05, 4.69) is 0 Å². The van der Waals surface area contributed by atoms with Crippen LogP contribution in [0.25, 0.3) is 17.4 Å². The second kappa shape index (κ2) is 8.55. The first-order valence-corrected chi connectivity index (χ1v) is 9.90. The third-order valence-electron chi connectivity index (χ3n) is 4.65. The largest absolute Gasteiger partial charge is 0.457 e. The molecule has 2 heterocycles. The quantitative estimate of drug-likeness (QED) is 0.332. The minimum atomic E-state index is -1.30. The van der Waals surface area contributed by atoms with Crippen molar-refractivity contribution < 1.29 is 33.0 Å². The van der Waals surface area contributed by atoms with E-state index in [4.69, 9.17) is 18.6 Å². The SMILES string of the molecule is CC1(C)OC(=O)C(=Cc2ccc(-c3ccc(C(=O)OCc4ccccc4)cc3)o2)C(=O)O1. The van der Waals surface area contributed by atoms with Gasteiger partial charge in [0, 0.05) is 25.5 Å². The normalized spacial score (nSPS) is 15.0. The summed E-state index contributed by atoms with van der Waals surface area (Å²) in [6, 6.07) is 19.5. The van der Waals surface area contributed by atoms with E-state index in [9.17, 15) is 14.4 Å². The third kappa shape index (κ3) is 4.78. The summed E-state index contributed by atoms with van der Waals surface area (Å²) in [5.41, 5.74) is 1.78. The van der Waals surface area contributed by atoms with Crippen molar-refractivity contribution in [3.63, 3.8) is 0 Å². The highest BCUT2D eigenvalue weighted by Gasteiger charge is 2.39. The Morgan fingerprint density at radius 1 is 0.906 bits per heavy atom. The number of hydrogen-bond donors (Lipinski definition) is 0. The summed E-state index contributed by atoms with van der Waals surface area (Å²) in [6.45, 7) is 3.15. The number of rotatable bonds is 5. The number of cyclic esters (lactones) is 2. The second-order valence-electron chi connectivity index (χ2n) is 7.58. The van der Waals surface area contributed by atoms with Crippen molar-refractivity contribution in [2.24, 2.45) is 0 Å². The zero-order valence-electron chi connectivity index (χ0n) is 17.5. The summed E-state index contributed by atoms with van der Waals surface area (Å²) >= 11 is 0. The second-order valence-corrected chi connectivity index (χ2v) is 7.58. The Hall–Kier alpha value is -4.13. The van der Waals surface area contributed by atoms with Crippen LogP contribution in [0.2, 0.25) is 0 Å². The van der Waals surface area contributed by atoms with Gasteiger partial charge in [-0.05, 0) is 29.8 Å². The van der Waals surface area contributed by atoms with Gasteiger partial charge in [-0.1, -0.05) is 42.5 Å². The molecular formula is C25H20O7. The lowest BCUT2D eigenvalue weighted by molar-refractivity contribution is -0.222. The highest BCUT2D eigenvalue weighted by Crippen LogP contribution is 2.27. The van der Waals surface area contributed by atoms with E-state index < -0.39 is 23.7 Å². The molecule has 0 atom stereocenters. The molecule has 1 aliphatic rings. The molecule has 2 aromatic carbocycles. The Morgan fingerprint density at radius 2 is 1.56 bits per heavy atom. The van der Waals surface area contributed by atoms with Crippen LogP contribution in [-0.2, 0) is 30.4 Å². The van der Waals surface area contributed by atoms with E-state index in [1.807, 2.05) is 30.3 Å². The number of esters is 3. The van der Waals surface area contributed by atoms with Crippen molar-refractivity contribution >= 4 is 24.0 Å². The van der Waals surface area contributed by atoms with Crippen molar-refractivity contribution in [2.45, 2.75) is 26.2 Å². The molecule has 3 aromatic rings. The van der Waals surface area contributed by atoms with Gasteiger partial charge in [0.2, 0.25) is 0 Å². The van der Waals surface area contributed by atoms with Gasteiger partial charge in [-0.15, -0.1) is 0 Å². The van der Waals surface area contributed by atoms with Gasteiger partial charge < -0.3 is 18.6 Å². The van der Waals surface area contributed by atoms with Crippen molar-refractivity contribution in [3.8, 4) is 11.3 Å².